The number of aromatic nitrogens is 2. The fourth-order valence-corrected chi connectivity index (χ4v) is 5.27. The largest absolute Gasteiger partial charge is 0.352 e. The second-order valence-corrected chi connectivity index (χ2v) is 9.02. The zero-order valence-electron chi connectivity index (χ0n) is 18.6. The van der Waals surface area contributed by atoms with Gasteiger partial charge in [0.15, 0.2) is 5.11 Å². The summed E-state index contributed by atoms with van der Waals surface area (Å²) in [5.41, 5.74) is 8.56. The van der Waals surface area contributed by atoms with Crippen LogP contribution in [-0.2, 0) is 0 Å². The van der Waals surface area contributed by atoms with Crippen LogP contribution >= 0.6 is 12.2 Å². The molecule has 0 bridgehead atoms. The zero-order valence-corrected chi connectivity index (χ0v) is 19.4. The molecule has 0 unspecified atom stereocenters. The molecule has 2 aromatic heterocycles. The van der Waals surface area contributed by atoms with Gasteiger partial charge < -0.3 is 14.8 Å². The molecular formula is C25H30N4S. The summed E-state index contributed by atoms with van der Waals surface area (Å²) >= 11 is 5.76. The van der Waals surface area contributed by atoms with Gasteiger partial charge in [0.1, 0.15) is 0 Å². The molecule has 4 nitrogen and oxygen atoms in total. The van der Waals surface area contributed by atoms with Gasteiger partial charge in [-0.15, -0.1) is 0 Å². The molecule has 1 aliphatic rings. The Labute approximate surface area is 184 Å². The zero-order chi connectivity index (χ0) is 21.6. The first-order chi connectivity index (χ1) is 14.3. The van der Waals surface area contributed by atoms with Crippen LogP contribution in [0.15, 0.2) is 48.7 Å². The molecule has 1 aromatic carbocycles. The average Bonchev–Trinajstić information content (AvgIpc) is 3.17. The van der Waals surface area contributed by atoms with Crippen LogP contribution in [0.1, 0.15) is 59.7 Å². The Morgan fingerprint density at radius 1 is 1.00 bits per heavy atom. The highest BCUT2D eigenvalue weighted by molar-refractivity contribution is 7.80. The third-order valence-electron chi connectivity index (χ3n) is 5.95. The van der Waals surface area contributed by atoms with Crippen molar-refractivity contribution in [1.82, 2.24) is 19.8 Å². The number of nitrogens with zero attached hydrogens (tertiary/aromatic N) is 3. The molecule has 1 saturated heterocycles. The lowest BCUT2D eigenvalue weighted by molar-refractivity contribution is 0.269. The van der Waals surface area contributed by atoms with Crippen molar-refractivity contribution in [3.05, 3.63) is 82.4 Å². The van der Waals surface area contributed by atoms with E-state index < -0.39 is 0 Å². The Hall–Kier alpha value is -2.66. The lowest BCUT2D eigenvalue weighted by Crippen LogP contribution is -2.35. The van der Waals surface area contributed by atoms with E-state index in [9.17, 15) is 0 Å². The quantitative estimate of drug-likeness (QED) is 0.568. The molecule has 1 N–H and O–H groups in total. The van der Waals surface area contributed by atoms with Gasteiger partial charge in [-0.3, -0.25) is 4.98 Å². The van der Waals surface area contributed by atoms with Crippen LogP contribution in [0.2, 0.25) is 0 Å². The smallest absolute Gasteiger partial charge is 0.170 e. The standard InChI is InChI=1S/C25H30N4S/c1-15(2)28-24(23(27-25(28)30)22-9-7-8-10-26-22)21-14-18(5)29(19(21)6)20-12-16(3)11-17(4)13-20/h7-15,23-24H,1-6H3,(H,27,30)/t23-,24-/m1/s1. The van der Waals surface area contributed by atoms with Gasteiger partial charge >= 0.3 is 0 Å². The number of hydrogen-bond acceptors (Lipinski definition) is 2. The van der Waals surface area contributed by atoms with E-state index in [1.165, 1.54) is 33.8 Å². The van der Waals surface area contributed by atoms with Crippen molar-refractivity contribution in [2.75, 3.05) is 0 Å². The summed E-state index contributed by atoms with van der Waals surface area (Å²) in [5, 5.41) is 4.34. The minimum Gasteiger partial charge on any atom is -0.352 e. The molecule has 3 aromatic rings. The van der Waals surface area contributed by atoms with E-state index in [1.54, 1.807) is 0 Å². The molecule has 0 aliphatic carbocycles. The number of nitrogens with one attached hydrogen (secondary N) is 1. The number of hydrogen-bond donors (Lipinski definition) is 1. The number of pyridine rings is 1. The number of rotatable bonds is 4. The van der Waals surface area contributed by atoms with Crippen LogP contribution in [0.5, 0.6) is 0 Å². The highest BCUT2D eigenvalue weighted by atomic mass is 32.1. The first kappa shape index (κ1) is 20.6. The van der Waals surface area contributed by atoms with Crippen molar-refractivity contribution in [2.45, 2.75) is 59.7 Å². The maximum absolute atomic E-state index is 5.76. The normalized spacial score (nSPS) is 18.9. The Morgan fingerprint density at radius 3 is 2.30 bits per heavy atom. The van der Waals surface area contributed by atoms with Crippen LogP contribution in [0.3, 0.4) is 0 Å². The van der Waals surface area contributed by atoms with Gasteiger partial charge in [-0.25, -0.2) is 0 Å². The van der Waals surface area contributed by atoms with E-state index in [1.807, 2.05) is 18.3 Å². The summed E-state index contributed by atoms with van der Waals surface area (Å²) in [6, 6.07) is 15.5. The van der Waals surface area contributed by atoms with E-state index in [-0.39, 0.29) is 18.1 Å². The van der Waals surface area contributed by atoms with Gasteiger partial charge in [-0.05, 0) is 101 Å². The Morgan fingerprint density at radius 2 is 1.70 bits per heavy atom. The van der Waals surface area contributed by atoms with Gasteiger partial charge in [0, 0.05) is 29.3 Å². The summed E-state index contributed by atoms with van der Waals surface area (Å²) in [6.07, 6.45) is 1.86. The van der Waals surface area contributed by atoms with E-state index in [2.05, 4.69) is 91.6 Å². The van der Waals surface area contributed by atoms with Gasteiger partial charge in [-0.2, -0.15) is 0 Å². The van der Waals surface area contributed by atoms with Gasteiger partial charge in [-0.1, -0.05) is 12.1 Å². The van der Waals surface area contributed by atoms with Crippen molar-refractivity contribution in [1.29, 1.82) is 0 Å². The number of benzene rings is 1. The van der Waals surface area contributed by atoms with Crippen molar-refractivity contribution in [3.8, 4) is 5.69 Å². The molecule has 5 heteroatoms. The van der Waals surface area contributed by atoms with Crippen LogP contribution < -0.4 is 5.32 Å². The van der Waals surface area contributed by atoms with Crippen molar-refractivity contribution < 1.29 is 0 Å². The first-order valence-electron chi connectivity index (χ1n) is 10.5. The first-order valence-corrected chi connectivity index (χ1v) is 11.0. The molecule has 2 atom stereocenters. The van der Waals surface area contributed by atoms with Gasteiger partial charge in [0.2, 0.25) is 0 Å². The predicted octanol–water partition coefficient (Wildman–Crippen LogP) is 5.49. The van der Waals surface area contributed by atoms with Crippen LogP contribution in [0.4, 0.5) is 0 Å². The van der Waals surface area contributed by atoms with Crippen LogP contribution in [0.25, 0.3) is 5.69 Å². The molecular weight excluding hydrogens is 388 g/mol. The summed E-state index contributed by atoms with van der Waals surface area (Å²) in [7, 11) is 0. The topological polar surface area (TPSA) is 33.1 Å². The fraction of sp³-hybridized carbons (Fsp3) is 0.360. The second kappa shape index (κ2) is 7.88. The fourth-order valence-electron chi connectivity index (χ4n) is 4.82. The van der Waals surface area contributed by atoms with Crippen LogP contribution in [-0.4, -0.2) is 25.6 Å². The molecule has 3 heterocycles. The number of aryl methyl sites for hydroxylation is 3. The minimum atomic E-state index is 0.0225. The van der Waals surface area contributed by atoms with Crippen molar-refractivity contribution in [3.63, 3.8) is 0 Å². The summed E-state index contributed by atoms with van der Waals surface area (Å²) in [4.78, 5) is 6.97. The lowest BCUT2D eigenvalue weighted by Gasteiger charge is -2.31. The molecule has 4 rings (SSSR count). The monoisotopic (exact) mass is 418 g/mol. The molecule has 30 heavy (non-hydrogen) atoms. The summed E-state index contributed by atoms with van der Waals surface area (Å²) < 4.78 is 2.37. The van der Waals surface area contributed by atoms with Crippen molar-refractivity contribution >= 4 is 17.3 Å². The number of thiocarbonyl (C=S) groups is 1. The summed E-state index contributed by atoms with van der Waals surface area (Å²) in [5.74, 6) is 0. The van der Waals surface area contributed by atoms with Crippen molar-refractivity contribution in [2.24, 2.45) is 0 Å². The SMILES string of the molecule is Cc1cc(C)cc(-n2c(C)cc([C@@H]3[C@@H](c4ccccn4)NC(=S)N3C(C)C)c2C)c1. The van der Waals surface area contributed by atoms with E-state index >= 15 is 0 Å². The second-order valence-electron chi connectivity index (χ2n) is 8.64. The Kier molecular flexibility index (Phi) is 5.41. The highest BCUT2D eigenvalue weighted by Gasteiger charge is 2.42. The van der Waals surface area contributed by atoms with E-state index in [4.69, 9.17) is 12.2 Å². The molecule has 1 fully saturated rings. The third kappa shape index (κ3) is 3.52. The molecule has 0 saturated carbocycles. The maximum atomic E-state index is 5.76. The van der Waals surface area contributed by atoms with E-state index in [0.717, 1.165) is 10.8 Å². The molecule has 0 amide bonds. The molecule has 0 radical (unpaired) electrons. The molecule has 0 spiro atoms. The Balaban J connectivity index is 1.87. The summed E-state index contributed by atoms with van der Waals surface area (Å²) in [6.45, 7) is 13.1. The molecule has 1 aliphatic heterocycles. The lowest BCUT2D eigenvalue weighted by atomic mass is 9.96. The predicted molar refractivity (Wildman–Crippen MR) is 127 cm³/mol. The third-order valence-corrected chi connectivity index (χ3v) is 6.27. The van der Waals surface area contributed by atoms with Gasteiger partial charge in [0.25, 0.3) is 0 Å². The Bertz CT molecular complexity index is 1060. The minimum absolute atomic E-state index is 0.0225. The highest BCUT2D eigenvalue weighted by Crippen LogP contribution is 2.42. The maximum Gasteiger partial charge on any atom is 0.170 e. The van der Waals surface area contributed by atoms with Gasteiger partial charge in [0.05, 0.1) is 17.8 Å². The molecule has 156 valence electrons. The van der Waals surface area contributed by atoms with E-state index in [0.29, 0.717) is 0 Å². The van der Waals surface area contributed by atoms with Crippen LogP contribution in [0, 0.1) is 27.7 Å². The average molecular weight is 419 g/mol.